The third-order valence-electron chi connectivity index (χ3n) is 3.88. The zero-order valence-corrected chi connectivity index (χ0v) is 12.3. The Labute approximate surface area is 119 Å². The maximum atomic E-state index is 12.5. The summed E-state index contributed by atoms with van der Waals surface area (Å²) >= 11 is 0. The molecule has 0 aromatic heterocycles. The summed E-state index contributed by atoms with van der Waals surface area (Å²) in [7, 11) is 1.56. The fraction of sp³-hybridized carbons (Fsp3) is 0.769. The van der Waals surface area contributed by atoms with Crippen molar-refractivity contribution in [1.29, 1.82) is 0 Å². The molecule has 7 heteroatoms. The van der Waals surface area contributed by atoms with Crippen molar-refractivity contribution in [3.63, 3.8) is 0 Å². The van der Waals surface area contributed by atoms with Crippen molar-refractivity contribution in [3.05, 3.63) is 0 Å². The van der Waals surface area contributed by atoms with Crippen LogP contribution in [0.4, 0.5) is 0 Å². The van der Waals surface area contributed by atoms with Gasteiger partial charge in [0.25, 0.3) is 0 Å². The van der Waals surface area contributed by atoms with E-state index < -0.39 is 5.41 Å². The molecule has 114 valence electrons. The van der Waals surface area contributed by atoms with E-state index in [1.165, 1.54) is 4.90 Å². The predicted octanol–water partition coefficient (Wildman–Crippen LogP) is 0.276. The Hall–Kier alpha value is -1.79. The van der Waals surface area contributed by atoms with Gasteiger partial charge in [-0.25, -0.2) is 0 Å². The van der Waals surface area contributed by atoms with Gasteiger partial charge in [0.2, 0.25) is 11.8 Å². The Morgan fingerprint density at radius 1 is 1.40 bits per heavy atom. The molecule has 1 saturated carbocycles. The smallest absolute Gasteiger partial charge is 0.239 e. The van der Waals surface area contributed by atoms with E-state index in [2.05, 4.69) is 10.5 Å². The van der Waals surface area contributed by atoms with E-state index >= 15 is 0 Å². The summed E-state index contributed by atoms with van der Waals surface area (Å²) in [5, 5.41) is 14.7. The molecule has 1 aliphatic carbocycles. The molecule has 0 spiro atoms. The van der Waals surface area contributed by atoms with Gasteiger partial charge >= 0.3 is 0 Å². The van der Waals surface area contributed by atoms with E-state index in [1.54, 1.807) is 20.9 Å². The lowest BCUT2D eigenvalue weighted by Gasteiger charge is -2.32. The van der Waals surface area contributed by atoms with Gasteiger partial charge in [0.15, 0.2) is 5.84 Å². The Morgan fingerprint density at radius 2 is 1.95 bits per heavy atom. The zero-order valence-electron chi connectivity index (χ0n) is 12.3. The van der Waals surface area contributed by atoms with E-state index in [1.807, 2.05) is 0 Å². The van der Waals surface area contributed by atoms with Crippen LogP contribution in [-0.2, 0) is 9.59 Å². The van der Waals surface area contributed by atoms with Crippen molar-refractivity contribution in [1.82, 2.24) is 10.2 Å². The molecule has 1 rings (SSSR count). The first-order chi connectivity index (χ1) is 9.41. The molecule has 2 amide bonds. The van der Waals surface area contributed by atoms with Gasteiger partial charge < -0.3 is 21.2 Å². The highest BCUT2D eigenvalue weighted by Crippen LogP contribution is 2.29. The first kappa shape index (κ1) is 16.3. The largest absolute Gasteiger partial charge is 0.409 e. The zero-order chi connectivity index (χ0) is 15.3. The van der Waals surface area contributed by atoms with Crippen LogP contribution in [0.25, 0.3) is 0 Å². The number of nitrogens with one attached hydrogen (secondary N) is 1. The standard InChI is InChI=1S/C13H24N4O3/c1-4-13(5-2,11(14)16-20)12(19)17(3)8-10(18)15-9-6-7-9/h9,20H,4-8H2,1-3H3,(H2,14,16)(H,15,18). The van der Waals surface area contributed by atoms with Crippen molar-refractivity contribution < 1.29 is 14.8 Å². The molecule has 0 bridgehead atoms. The Morgan fingerprint density at radius 3 is 2.35 bits per heavy atom. The van der Waals surface area contributed by atoms with E-state index in [0.29, 0.717) is 12.8 Å². The van der Waals surface area contributed by atoms with Crippen molar-refractivity contribution >= 4 is 17.6 Å². The van der Waals surface area contributed by atoms with Gasteiger partial charge in [0, 0.05) is 13.1 Å². The Kier molecular flexibility index (Phi) is 5.35. The summed E-state index contributed by atoms with van der Waals surface area (Å²) < 4.78 is 0. The number of amidine groups is 1. The number of amides is 2. The summed E-state index contributed by atoms with van der Waals surface area (Å²) in [5.74, 6) is -0.588. The van der Waals surface area contributed by atoms with Gasteiger partial charge in [-0.05, 0) is 25.7 Å². The lowest BCUT2D eigenvalue weighted by molar-refractivity contribution is -0.140. The number of carbonyl (C=O) groups is 2. The monoisotopic (exact) mass is 284 g/mol. The molecule has 0 radical (unpaired) electrons. The van der Waals surface area contributed by atoms with E-state index in [-0.39, 0.29) is 30.2 Å². The Balaban J connectivity index is 2.75. The van der Waals surface area contributed by atoms with Crippen LogP contribution in [0, 0.1) is 5.41 Å². The van der Waals surface area contributed by atoms with Crippen LogP contribution in [0.1, 0.15) is 39.5 Å². The summed E-state index contributed by atoms with van der Waals surface area (Å²) in [6.45, 7) is 3.59. The van der Waals surface area contributed by atoms with Crippen LogP contribution in [0.15, 0.2) is 5.16 Å². The number of hydrogen-bond acceptors (Lipinski definition) is 4. The third kappa shape index (κ3) is 3.40. The van der Waals surface area contributed by atoms with Crippen LogP contribution < -0.4 is 11.1 Å². The highest BCUT2D eigenvalue weighted by atomic mass is 16.4. The number of carbonyl (C=O) groups excluding carboxylic acids is 2. The van der Waals surface area contributed by atoms with Crippen molar-refractivity contribution in [2.75, 3.05) is 13.6 Å². The highest BCUT2D eigenvalue weighted by Gasteiger charge is 2.42. The van der Waals surface area contributed by atoms with Gasteiger partial charge in [0.05, 0.1) is 6.54 Å². The summed E-state index contributed by atoms with van der Waals surface area (Å²) in [6.07, 6.45) is 2.82. The summed E-state index contributed by atoms with van der Waals surface area (Å²) in [5.41, 5.74) is 4.63. The minimum atomic E-state index is -1.05. The van der Waals surface area contributed by atoms with Gasteiger partial charge in [-0.2, -0.15) is 0 Å². The second-order valence-corrected chi connectivity index (χ2v) is 5.28. The van der Waals surface area contributed by atoms with Gasteiger partial charge in [-0.1, -0.05) is 19.0 Å². The lowest BCUT2D eigenvalue weighted by atomic mass is 9.79. The first-order valence-electron chi connectivity index (χ1n) is 6.94. The summed E-state index contributed by atoms with van der Waals surface area (Å²) in [4.78, 5) is 25.6. The molecule has 0 atom stereocenters. The predicted molar refractivity (Wildman–Crippen MR) is 75.2 cm³/mol. The normalized spacial score (nSPS) is 15.8. The third-order valence-corrected chi connectivity index (χ3v) is 3.88. The van der Waals surface area contributed by atoms with Crippen molar-refractivity contribution in [2.45, 2.75) is 45.6 Å². The van der Waals surface area contributed by atoms with Crippen molar-refractivity contribution in [3.8, 4) is 0 Å². The molecule has 0 aromatic rings. The summed E-state index contributed by atoms with van der Waals surface area (Å²) in [6, 6.07) is 0.261. The number of oxime groups is 1. The molecule has 0 heterocycles. The average molecular weight is 284 g/mol. The lowest BCUT2D eigenvalue weighted by Crippen LogP contribution is -2.51. The molecule has 0 unspecified atom stereocenters. The molecule has 7 nitrogen and oxygen atoms in total. The molecule has 0 aliphatic heterocycles. The molecular formula is C13H24N4O3. The van der Waals surface area contributed by atoms with Gasteiger partial charge in [-0.15, -0.1) is 0 Å². The number of nitrogens with zero attached hydrogens (tertiary/aromatic N) is 2. The fourth-order valence-corrected chi connectivity index (χ4v) is 2.27. The molecule has 0 aromatic carbocycles. The number of rotatable bonds is 7. The molecule has 20 heavy (non-hydrogen) atoms. The Bertz CT molecular complexity index is 400. The van der Waals surface area contributed by atoms with E-state index in [9.17, 15) is 9.59 Å². The quantitative estimate of drug-likeness (QED) is 0.270. The van der Waals surface area contributed by atoms with Crippen LogP contribution in [0.3, 0.4) is 0 Å². The molecule has 4 N–H and O–H groups in total. The average Bonchev–Trinajstić information content (AvgIpc) is 3.23. The maximum Gasteiger partial charge on any atom is 0.239 e. The second-order valence-electron chi connectivity index (χ2n) is 5.28. The number of likely N-dealkylation sites (N-methyl/N-ethyl adjacent to an activating group) is 1. The van der Waals surface area contributed by atoms with Crippen LogP contribution in [0.2, 0.25) is 0 Å². The van der Waals surface area contributed by atoms with Crippen LogP contribution in [-0.4, -0.2) is 47.4 Å². The fourth-order valence-electron chi connectivity index (χ4n) is 2.27. The maximum absolute atomic E-state index is 12.5. The van der Waals surface area contributed by atoms with Gasteiger partial charge in [0.1, 0.15) is 5.41 Å². The minimum Gasteiger partial charge on any atom is -0.409 e. The minimum absolute atomic E-state index is 0.0181. The van der Waals surface area contributed by atoms with Crippen LogP contribution in [0.5, 0.6) is 0 Å². The van der Waals surface area contributed by atoms with E-state index in [4.69, 9.17) is 10.9 Å². The molecule has 1 fully saturated rings. The highest BCUT2D eigenvalue weighted by molar-refractivity contribution is 6.07. The van der Waals surface area contributed by atoms with Gasteiger partial charge in [-0.3, -0.25) is 9.59 Å². The number of nitrogens with two attached hydrogens (primary N) is 1. The SMILES string of the molecule is CCC(CC)(C(=O)N(C)CC(=O)NC1CC1)C(N)=NO. The first-order valence-corrected chi connectivity index (χ1v) is 6.94. The van der Waals surface area contributed by atoms with Crippen molar-refractivity contribution in [2.24, 2.45) is 16.3 Å². The second kappa shape index (κ2) is 6.58. The molecule has 0 saturated heterocycles. The molecule has 1 aliphatic rings. The topological polar surface area (TPSA) is 108 Å². The van der Waals surface area contributed by atoms with Crippen LogP contribution >= 0.6 is 0 Å². The number of hydrogen-bond donors (Lipinski definition) is 3. The molecular weight excluding hydrogens is 260 g/mol. The van der Waals surface area contributed by atoms with E-state index in [0.717, 1.165) is 12.8 Å².